The van der Waals surface area contributed by atoms with Crippen LogP contribution < -0.4 is 0 Å². The molecule has 0 aromatic heterocycles. The summed E-state index contributed by atoms with van der Waals surface area (Å²) in [5, 5.41) is 0. The van der Waals surface area contributed by atoms with Gasteiger partial charge in [-0.1, -0.05) is 30.3 Å². The van der Waals surface area contributed by atoms with E-state index in [0.29, 0.717) is 19.8 Å². The molecule has 0 fully saturated rings. The molecule has 0 N–H and O–H groups in total. The normalized spacial score (nSPS) is 11.4. The fourth-order valence-corrected chi connectivity index (χ4v) is 1.29. The summed E-state index contributed by atoms with van der Waals surface area (Å²) in [4.78, 5) is 4.30. The molecule has 88 valence electrons. The predicted octanol–water partition coefficient (Wildman–Crippen LogP) is 2.66. The van der Waals surface area contributed by atoms with Crippen molar-refractivity contribution in [2.24, 2.45) is 4.99 Å². The Balaban J connectivity index is 2.39. The van der Waals surface area contributed by atoms with Crippen LogP contribution in [-0.4, -0.2) is 25.7 Å². The van der Waals surface area contributed by atoms with Crippen LogP contribution in [0.25, 0.3) is 0 Å². The second-order valence-electron chi connectivity index (χ2n) is 3.25. The predicted molar refractivity (Wildman–Crippen MR) is 65.7 cm³/mol. The van der Waals surface area contributed by atoms with Crippen molar-refractivity contribution in [1.29, 1.82) is 0 Å². The molecular weight excluding hydrogens is 202 g/mol. The first kappa shape index (κ1) is 12.9. The van der Waals surface area contributed by atoms with Crippen molar-refractivity contribution in [3.05, 3.63) is 35.9 Å². The van der Waals surface area contributed by atoms with Crippen LogP contribution in [0.3, 0.4) is 0 Å². The van der Waals surface area contributed by atoms with Gasteiger partial charge in [0.05, 0.1) is 12.8 Å². The van der Waals surface area contributed by atoms with Crippen molar-refractivity contribution < 1.29 is 9.47 Å². The number of nitrogens with zero attached hydrogens (tertiary/aromatic N) is 1. The fraction of sp³-hybridized carbons (Fsp3) is 0.462. The van der Waals surface area contributed by atoms with Crippen molar-refractivity contribution in [3.8, 4) is 0 Å². The van der Waals surface area contributed by atoms with E-state index in [0.717, 1.165) is 0 Å². The van der Waals surface area contributed by atoms with Crippen molar-refractivity contribution >= 4 is 6.21 Å². The van der Waals surface area contributed by atoms with Gasteiger partial charge in [0, 0.05) is 13.2 Å². The molecule has 1 rings (SSSR count). The van der Waals surface area contributed by atoms with Crippen LogP contribution in [0, 0.1) is 0 Å². The molecule has 0 radical (unpaired) electrons. The Kier molecular flexibility index (Phi) is 6.45. The smallest absolute Gasteiger partial charge is 0.193 e. The van der Waals surface area contributed by atoms with Gasteiger partial charge >= 0.3 is 0 Å². The van der Waals surface area contributed by atoms with Crippen molar-refractivity contribution in [1.82, 2.24) is 0 Å². The average Bonchev–Trinajstić information content (AvgIpc) is 2.31. The molecule has 1 aromatic carbocycles. The first-order valence-corrected chi connectivity index (χ1v) is 5.63. The summed E-state index contributed by atoms with van der Waals surface area (Å²) in [6.45, 7) is 5.80. The Bertz CT molecular complexity index is 292. The Morgan fingerprint density at radius 1 is 1.12 bits per heavy atom. The third-order valence-corrected chi connectivity index (χ3v) is 2.01. The van der Waals surface area contributed by atoms with E-state index in [1.54, 1.807) is 6.21 Å². The summed E-state index contributed by atoms with van der Waals surface area (Å²) >= 11 is 0. The lowest BCUT2D eigenvalue weighted by molar-refractivity contribution is -0.0868. The van der Waals surface area contributed by atoms with Gasteiger partial charge < -0.3 is 9.47 Å². The summed E-state index contributed by atoms with van der Waals surface area (Å²) in [5.74, 6) is 0. The fourth-order valence-electron chi connectivity index (χ4n) is 1.29. The summed E-state index contributed by atoms with van der Waals surface area (Å²) in [6, 6.07) is 10.1. The van der Waals surface area contributed by atoms with Crippen LogP contribution in [0.5, 0.6) is 0 Å². The molecule has 0 saturated carbocycles. The van der Waals surface area contributed by atoms with Gasteiger partial charge in [-0.2, -0.15) is 0 Å². The van der Waals surface area contributed by atoms with E-state index >= 15 is 0 Å². The number of benzene rings is 1. The van der Waals surface area contributed by atoms with Crippen LogP contribution in [0.1, 0.15) is 19.4 Å². The average molecular weight is 221 g/mol. The van der Waals surface area contributed by atoms with E-state index in [9.17, 15) is 0 Å². The zero-order valence-electron chi connectivity index (χ0n) is 9.93. The number of aliphatic imine (C=N–C) groups is 1. The minimum atomic E-state index is -0.321. The molecule has 0 unspecified atom stereocenters. The second-order valence-corrected chi connectivity index (χ2v) is 3.25. The number of rotatable bonds is 7. The quantitative estimate of drug-likeness (QED) is 0.523. The largest absolute Gasteiger partial charge is 0.348 e. The lowest BCUT2D eigenvalue weighted by Crippen LogP contribution is -2.18. The van der Waals surface area contributed by atoms with Gasteiger partial charge in [0.15, 0.2) is 6.29 Å². The Hall–Kier alpha value is -1.19. The third-order valence-electron chi connectivity index (χ3n) is 2.01. The molecule has 1 aromatic rings. The molecule has 0 aliphatic heterocycles. The van der Waals surface area contributed by atoms with Gasteiger partial charge in [0.1, 0.15) is 0 Å². The summed E-state index contributed by atoms with van der Waals surface area (Å²) < 4.78 is 10.7. The van der Waals surface area contributed by atoms with Gasteiger partial charge in [-0.25, -0.2) is 0 Å². The van der Waals surface area contributed by atoms with E-state index in [4.69, 9.17) is 9.47 Å². The van der Waals surface area contributed by atoms with E-state index in [2.05, 4.69) is 4.99 Å². The zero-order chi connectivity index (χ0) is 11.6. The van der Waals surface area contributed by atoms with Crippen molar-refractivity contribution in [3.63, 3.8) is 0 Å². The van der Waals surface area contributed by atoms with Crippen LogP contribution in [-0.2, 0) is 16.0 Å². The van der Waals surface area contributed by atoms with E-state index < -0.39 is 0 Å². The van der Waals surface area contributed by atoms with E-state index in [1.807, 2.05) is 44.2 Å². The molecule has 3 nitrogen and oxygen atoms in total. The molecule has 0 bridgehead atoms. The highest BCUT2D eigenvalue weighted by molar-refractivity contribution is 5.61. The summed E-state index contributed by atoms with van der Waals surface area (Å²) in [7, 11) is 0. The first-order valence-electron chi connectivity index (χ1n) is 5.63. The van der Waals surface area contributed by atoms with Crippen molar-refractivity contribution in [2.75, 3.05) is 13.2 Å². The maximum atomic E-state index is 5.35. The number of ether oxygens (including phenoxy) is 2. The molecular formula is C13H19NO2. The highest BCUT2D eigenvalue weighted by Crippen LogP contribution is 2.00. The highest BCUT2D eigenvalue weighted by Gasteiger charge is 2.02. The lowest BCUT2D eigenvalue weighted by atomic mass is 10.2. The van der Waals surface area contributed by atoms with E-state index in [-0.39, 0.29) is 6.29 Å². The van der Waals surface area contributed by atoms with Gasteiger partial charge in [-0.05, 0) is 19.4 Å². The Labute approximate surface area is 97.1 Å². The molecule has 3 heteroatoms. The van der Waals surface area contributed by atoms with Gasteiger partial charge in [0.2, 0.25) is 0 Å². The standard InChI is InChI=1S/C13H19NO2/c1-3-15-13(16-4-2)11-14-10-12-8-6-5-7-9-12/h5-9,11,13H,3-4,10H2,1-2H3/b14-11-. The monoisotopic (exact) mass is 221 g/mol. The number of hydrogen-bond acceptors (Lipinski definition) is 3. The number of hydrogen-bond donors (Lipinski definition) is 0. The molecule has 0 saturated heterocycles. The zero-order valence-corrected chi connectivity index (χ0v) is 9.93. The van der Waals surface area contributed by atoms with Crippen molar-refractivity contribution in [2.45, 2.75) is 26.7 Å². The minimum Gasteiger partial charge on any atom is -0.348 e. The molecule has 0 aliphatic rings. The van der Waals surface area contributed by atoms with Gasteiger partial charge in [-0.15, -0.1) is 0 Å². The first-order chi connectivity index (χ1) is 7.86. The third kappa shape index (κ3) is 5.05. The van der Waals surface area contributed by atoms with Crippen LogP contribution in [0.2, 0.25) is 0 Å². The molecule has 0 heterocycles. The molecule has 0 amide bonds. The Morgan fingerprint density at radius 3 is 2.31 bits per heavy atom. The molecule has 16 heavy (non-hydrogen) atoms. The topological polar surface area (TPSA) is 30.8 Å². The second kappa shape index (κ2) is 8.02. The van der Waals surface area contributed by atoms with Crippen LogP contribution in [0.15, 0.2) is 35.3 Å². The highest BCUT2D eigenvalue weighted by atomic mass is 16.7. The lowest BCUT2D eigenvalue weighted by Gasteiger charge is -2.11. The molecule has 0 aliphatic carbocycles. The Morgan fingerprint density at radius 2 is 1.75 bits per heavy atom. The van der Waals surface area contributed by atoms with E-state index in [1.165, 1.54) is 5.56 Å². The maximum Gasteiger partial charge on any atom is 0.193 e. The molecule has 0 spiro atoms. The van der Waals surface area contributed by atoms with Gasteiger partial charge in [-0.3, -0.25) is 4.99 Å². The minimum absolute atomic E-state index is 0.321. The summed E-state index contributed by atoms with van der Waals surface area (Å²) in [5.41, 5.74) is 1.19. The maximum absolute atomic E-state index is 5.35. The van der Waals surface area contributed by atoms with Gasteiger partial charge in [0.25, 0.3) is 0 Å². The SMILES string of the molecule is CCOC(/C=N\Cc1ccccc1)OCC. The molecule has 0 atom stereocenters. The van der Waals surface area contributed by atoms with Crippen LogP contribution >= 0.6 is 0 Å². The summed E-state index contributed by atoms with van der Waals surface area (Å²) in [6.07, 6.45) is 1.40. The van der Waals surface area contributed by atoms with Crippen LogP contribution in [0.4, 0.5) is 0 Å².